The number of hydrogen-bond acceptors (Lipinski definition) is 6. The van der Waals surface area contributed by atoms with Crippen LogP contribution in [0.15, 0.2) is 29.8 Å². The largest absolute Gasteiger partial charge is 1.00 e. The smallest absolute Gasteiger partial charge is 0.542 e. The van der Waals surface area contributed by atoms with Crippen molar-refractivity contribution in [3.05, 3.63) is 46.1 Å². The first-order chi connectivity index (χ1) is 16.5. The third-order valence-corrected chi connectivity index (χ3v) is 5.73. The number of carbonyl (C=O) groups is 2. The van der Waals surface area contributed by atoms with Crippen LogP contribution in [0.5, 0.6) is 0 Å². The maximum atomic E-state index is 10.5. The van der Waals surface area contributed by atoms with Gasteiger partial charge in [-0.1, -0.05) is 164 Å². The van der Waals surface area contributed by atoms with E-state index in [1.54, 1.807) is 5.57 Å². The number of carbonyl (C=O) groups excluding carboxylic acids is 2. The summed E-state index contributed by atoms with van der Waals surface area (Å²) in [6, 6.07) is 5.82. The van der Waals surface area contributed by atoms with Crippen LogP contribution in [0.3, 0.4) is 0 Å². The number of halogens is 7. The minimum atomic E-state index is -5.19. The number of nitrogens with zero attached hydrogens (tertiary/aromatic N) is 1. The lowest BCUT2D eigenvalue weighted by Crippen LogP contribution is -2.50. The molecule has 55 heavy (non-hydrogen) atoms. The van der Waals surface area contributed by atoms with Gasteiger partial charge in [-0.05, 0) is 49.3 Å². The molecule has 14 heteroatoms. The van der Waals surface area contributed by atoms with Crippen LogP contribution < -0.4 is 21.7 Å². The zero-order valence-electron chi connectivity index (χ0n) is 19.5. The van der Waals surface area contributed by atoms with E-state index in [1.165, 1.54) is 17.7 Å². The zero-order valence-corrected chi connectivity index (χ0v) is 19.3. The highest BCUT2D eigenvalue weighted by molar-refractivity contribution is 6.31. The second-order valence-electron chi connectivity index (χ2n) is 8.15. The fraction of sp³-hybridized carbons (Fsp3) is 0.683. The van der Waals surface area contributed by atoms with Crippen molar-refractivity contribution < 1.29 is 53.3 Å². The van der Waals surface area contributed by atoms with Crippen LogP contribution in [0.4, 0.5) is 32.0 Å². The van der Waals surface area contributed by atoms with Gasteiger partial charge in [-0.15, -0.1) is 0 Å². The number of aliphatic carboxylic acids is 2. The molecule has 0 amide bonds. The highest BCUT2D eigenvalue weighted by atomic mass is 35.5. The second kappa shape index (κ2) is 47.1. The molecule has 1 aromatic carbocycles. The van der Waals surface area contributed by atoms with E-state index >= 15 is 0 Å². The number of allylic oxidation sites excluding steroid dienone is 1. The lowest BCUT2D eigenvalue weighted by molar-refractivity contribution is -0.366. The quantitative estimate of drug-likeness (QED) is 0.227. The first-order valence-corrected chi connectivity index (χ1v) is 10.8. The summed E-state index contributed by atoms with van der Waals surface area (Å²) in [7, 11) is 0. The average molecular weight is 847 g/mol. The molecule has 0 radical (unpaired) electrons. The number of nitrogen functional groups attached to an aromatic ring is 1. The summed E-state index contributed by atoms with van der Waals surface area (Å²) in [5.41, 5.74) is 16.4. The molecule has 5 N–H and O–H groups in total. The Labute approximate surface area is 347 Å². The fourth-order valence-electron chi connectivity index (χ4n) is 4.20. The van der Waals surface area contributed by atoms with Crippen molar-refractivity contribution in [2.45, 2.75) is 185 Å². The Morgan fingerprint density at radius 3 is 1.44 bits per heavy atom. The third-order valence-electron chi connectivity index (χ3n) is 5.50. The summed E-state index contributed by atoms with van der Waals surface area (Å²) in [6.07, 6.45) is -3.49. The number of alkyl halides is 6. The number of carboxylic acid groups (broad SMARTS) is 2. The average Bonchev–Trinajstić information content (AvgIpc) is 2.73. The second-order valence-corrected chi connectivity index (χ2v) is 8.58. The Bertz CT molecular complexity index is 1160. The van der Waals surface area contributed by atoms with Gasteiger partial charge in [-0.2, -0.15) is 26.3 Å². The molecule has 1 heterocycles. The summed E-state index contributed by atoms with van der Waals surface area (Å²) < 4.78 is 63.1. The summed E-state index contributed by atoms with van der Waals surface area (Å²) >= 11 is 6.11. The summed E-state index contributed by atoms with van der Waals surface area (Å²) in [5, 5.41) is 19.3. The molecule has 2 atom stereocenters. The molecule has 0 saturated carbocycles. The molecule has 7 nitrogen and oxygen atoms in total. The first-order valence-electron chi connectivity index (χ1n) is 10.5. The monoisotopic (exact) mass is 846 g/mol. The van der Waals surface area contributed by atoms with Crippen molar-refractivity contribution in [3.8, 4) is 0 Å². The predicted molar refractivity (Wildman–Crippen MR) is 242 cm³/mol. The molecule has 1 aromatic heterocycles. The lowest BCUT2D eigenvalue weighted by Gasteiger charge is -2.35. The Morgan fingerprint density at radius 1 is 0.745 bits per heavy atom. The summed E-state index contributed by atoms with van der Waals surface area (Å²) in [5.74, 6) is -4.88. The number of pyridine rings is 1. The topological polar surface area (TPSA) is 147 Å². The van der Waals surface area contributed by atoms with Gasteiger partial charge in [0.1, 0.15) is 11.9 Å². The molecule has 0 aliphatic heterocycles. The molecule has 4 rings (SSSR count). The molecule has 2 unspecified atom stereocenters. The van der Waals surface area contributed by atoms with Crippen molar-refractivity contribution >= 4 is 40.1 Å². The minimum absolute atomic E-state index is 0. The molecule has 2 aromatic rings. The number of quaternary nitrogens is 1. The van der Waals surface area contributed by atoms with Crippen LogP contribution in [0.1, 0.15) is 179 Å². The molecule has 0 spiro atoms. The van der Waals surface area contributed by atoms with Gasteiger partial charge in [-0.25, -0.2) is 0 Å². The number of hydrogen-bond donors (Lipinski definition) is 2. The van der Waals surface area contributed by atoms with Gasteiger partial charge >= 0.3 is 13.8 Å². The van der Waals surface area contributed by atoms with E-state index in [1.807, 2.05) is 18.2 Å². The number of aromatic nitrogens is 1. The van der Waals surface area contributed by atoms with Gasteiger partial charge in [-0.3, -0.25) is 4.98 Å². The van der Waals surface area contributed by atoms with Gasteiger partial charge in [0.05, 0.1) is 12.1 Å². The Balaban J connectivity index is -0.0000000213. The van der Waals surface area contributed by atoms with Crippen molar-refractivity contribution in [1.82, 2.24) is 4.98 Å². The summed E-state index contributed by atoms with van der Waals surface area (Å²) in [6.45, 7) is 0.974. The van der Waals surface area contributed by atoms with Gasteiger partial charge in [0.2, 0.25) is 0 Å². The molecule has 2 bridgehead atoms. The van der Waals surface area contributed by atoms with Crippen molar-refractivity contribution in [3.63, 3.8) is 0 Å². The number of fused-ring (bicyclic) bond motifs is 5. The van der Waals surface area contributed by atoms with Gasteiger partial charge in [0, 0.05) is 33.8 Å². The van der Waals surface area contributed by atoms with Crippen molar-refractivity contribution in [2.75, 3.05) is 12.3 Å². The molecule has 0 fully saturated rings. The van der Waals surface area contributed by atoms with Crippen molar-refractivity contribution in [2.24, 2.45) is 5.92 Å². The predicted octanol–water partition coefficient (Wildman–Crippen LogP) is 13.9. The highest BCUT2D eigenvalue weighted by Gasteiger charge is 2.33. The standard InChI is InChI=1S/C18H20ClN3.2C2HF3O2.19CH4/c19-13-1-2-14-15(9-13)22-16-8-11-5-10(3-4-20)6-12(7-11)17(16)18(14)21;2*3-2(4,5)1(6)7;;;;;;;;;;;;;;;;;;;/h1-2,5,9,11-12H,3-4,6-8,20H2,(H2,21,22);2*(H,6,7);19*1H4. The van der Waals surface area contributed by atoms with E-state index in [4.69, 9.17) is 42.1 Å². The SMILES string of the molecule is C.C.C.C.C.C.C.C.C.C.C.C.C.C.C.C.C.C.C.Nc1c2c(nc3cc(Cl)ccc13)CC1C=C(CC[NH3+])CC2C1.O=C([O-])C(F)(F)F.O=C([O-])C(F)(F)F.[H+]. The maximum Gasteiger partial charge on any atom is 1.00 e. The number of anilines is 1. The molecule has 2 aliphatic carbocycles. The molecule has 0 saturated heterocycles. The number of nitrogens with two attached hydrogens (primary N) is 1. The molecule has 350 valence electrons. The lowest BCUT2D eigenvalue weighted by atomic mass is 9.70. The molecular weight excluding hydrogens is 748 g/mol. The zero-order chi connectivity index (χ0) is 27.4. The van der Waals surface area contributed by atoms with E-state index in [-0.39, 0.29) is 143 Å². The number of benzene rings is 1. The van der Waals surface area contributed by atoms with E-state index in [9.17, 15) is 26.3 Å². The van der Waals surface area contributed by atoms with Gasteiger partial charge in [0.25, 0.3) is 0 Å². The van der Waals surface area contributed by atoms with Crippen molar-refractivity contribution in [1.29, 1.82) is 0 Å². The van der Waals surface area contributed by atoms with E-state index in [0.717, 1.165) is 42.4 Å². The van der Waals surface area contributed by atoms with Crippen LogP contribution in [0.25, 0.3) is 10.9 Å². The molecular formula is C41H98ClF6N3O4. The van der Waals surface area contributed by atoms with Gasteiger partial charge < -0.3 is 31.3 Å². The number of rotatable bonds is 2. The van der Waals surface area contributed by atoms with E-state index in [2.05, 4.69) is 11.8 Å². The minimum Gasteiger partial charge on any atom is -0.542 e. The van der Waals surface area contributed by atoms with E-state index in [0.29, 0.717) is 16.9 Å². The number of carboxylic acids is 2. The third kappa shape index (κ3) is 32.9. The molecule has 2 aliphatic rings. The van der Waals surface area contributed by atoms with Crippen LogP contribution in [0.2, 0.25) is 5.02 Å². The van der Waals surface area contributed by atoms with Crippen LogP contribution in [-0.4, -0.2) is 35.8 Å². The Kier molecular flexibility index (Phi) is 100. The van der Waals surface area contributed by atoms with Crippen LogP contribution in [-0.2, 0) is 16.0 Å². The Morgan fingerprint density at radius 2 is 1.11 bits per heavy atom. The van der Waals surface area contributed by atoms with Crippen LogP contribution in [0, 0.1) is 5.92 Å². The normalized spacial score (nSPS) is 12.2. The first kappa shape index (κ1) is 117. The van der Waals surface area contributed by atoms with Crippen LogP contribution >= 0.6 is 11.6 Å². The van der Waals surface area contributed by atoms with E-state index < -0.39 is 24.3 Å². The summed E-state index contributed by atoms with van der Waals surface area (Å²) in [4.78, 5) is 22.5. The highest BCUT2D eigenvalue weighted by Crippen LogP contribution is 2.47. The fourth-order valence-corrected chi connectivity index (χ4v) is 4.37. The van der Waals surface area contributed by atoms with Gasteiger partial charge in [0.15, 0.2) is 0 Å². The Hall–Kier alpha value is -3.06. The maximum absolute atomic E-state index is 10.5.